The molecule has 0 atom stereocenters. The van der Waals surface area contributed by atoms with Crippen LogP contribution in [0, 0.1) is 13.8 Å². The molecule has 2 heterocycles. The molecule has 0 aromatic carbocycles. The van der Waals surface area contributed by atoms with Gasteiger partial charge in [-0.15, -0.1) is 12.6 Å². The van der Waals surface area contributed by atoms with Crippen LogP contribution in [0.2, 0.25) is 0 Å². The topological polar surface area (TPSA) is 30.2 Å². The third kappa shape index (κ3) is 1.08. The molecule has 0 unspecified atom stereocenters. The summed E-state index contributed by atoms with van der Waals surface area (Å²) in [7, 11) is 0. The standard InChI is InChI=1S/C8H9N3S/c1-5-4-8(12)11-7(9-5)3-6(2)10-11/h3-4,12H,1-2H3. The van der Waals surface area contributed by atoms with Crippen molar-refractivity contribution in [2.24, 2.45) is 0 Å². The van der Waals surface area contributed by atoms with E-state index in [0.717, 1.165) is 22.1 Å². The van der Waals surface area contributed by atoms with Gasteiger partial charge in [-0.2, -0.15) is 5.10 Å². The van der Waals surface area contributed by atoms with E-state index in [2.05, 4.69) is 22.7 Å². The van der Waals surface area contributed by atoms with Crippen LogP contribution in [-0.2, 0) is 0 Å². The number of aryl methyl sites for hydroxylation is 2. The second-order valence-corrected chi connectivity index (χ2v) is 3.27. The third-order valence-electron chi connectivity index (χ3n) is 1.66. The molecular formula is C8H9N3S. The number of hydrogen-bond acceptors (Lipinski definition) is 3. The number of fused-ring (bicyclic) bond motifs is 1. The van der Waals surface area contributed by atoms with Gasteiger partial charge in [-0.05, 0) is 19.9 Å². The van der Waals surface area contributed by atoms with E-state index < -0.39 is 0 Å². The Hall–Kier alpha value is -1.03. The molecule has 12 heavy (non-hydrogen) atoms. The van der Waals surface area contributed by atoms with Gasteiger partial charge in [-0.25, -0.2) is 9.50 Å². The van der Waals surface area contributed by atoms with Crippen LogP contribution in [0.4, 0.5) is 0 Å². The lowest BCUT2D eigenvalue weighted by atomic mass is 10.4. The van der Waals surface area contributed by atoms with Gasteiger partial charge < -0.3 is 0 Å². The van der Waals surface area contributed by atoms with Crippen molar-refractivity contribution in [2.75, 3.05) is 0 Å². The van der Waals surface area contributed by atoms with Gasteiger partial charge in [0.05, 0.1) is 10.7 Å². The van der Waals surface area contributed by atoms with Crippen molar-refractivity contribution in [3.05, 3.63) is 23.5 Å². The Morgan fingerprint density at radius 2 is 2.00 bits per heavy atom. The molecule has 2 aromatic heterocycles. The Labute approximate surface area is 75.8 Å². The number of hydrogen-bond donors (Lipinski definition) is 1. The lowest BCUT2D eigenvalue weighted by Gasteiger charge is -1.97. The molecule has 0 amide bonds. The molecule has 0 radical (unpaired) electrons. The first-order chi connectivity index (χ1) is 5.66. The second-order valence-electron chi connectivity index (χ2n) is 2.81. The van der Waals surface area contributed by atoms with Crippen molar-refractivity contribution in [2.45, 2.75) is 18.9 Å². The zero-order chi connectivity index (χ0) is 8.72. The zero-order valence-corrected chi connectivity index (χ0v) is 7.84. The minimum atomic E-state index is 0.825. The van der Waals surface area contributed by atoms with Gasteiger partial charge in [0.25, 0.3) is 0 Å². The van der Waals surface area contributed by atoms with Crippen LogP contribution in [0.1, 0.15) is 11.4 Å². The Kier molecular flexibility index (Phi) is 1.58. The average molecular weight is 179 g/mol. The largest absolute Gasteiger partial charge is 0.234 e. The lowest BCUT2D eigenvalue weighted by Crippen LogP contribution is -1.94. The summed E-state index contributed by atoms with van der Waals surface area (Å²) < 4.78 is 1.73. The highest BCUT2D eigenvalue weighted by Gasteiger charge is 2.02. The summed E-state index contributed by atoms with van der Waals surface area (Å²) >= 11 is 4.29. The summed E-state index contributed by atoms with van der Waals surface area (Å²) in [5.74, 6) is 0. The Morgan fingerprint density at radius 3 is 2.75 bits per heavy atom. The maximum atomic E-state index is 4.31. The Balaban J connectivity index is 2.88. The van der Waals surface area contributed by atoms with Crippen LogP contribution in [-0.4, -0.2) is 14.6 Å². The van der Waals surface area contributed by atoms with Crippen molar-refractivity contribution in [3.8, 4) is 0 Å². The van der Waals surface area contributed by atoms with Gasteiger partial charge in [0.2, 0.25) is 0 Å². The van der Waals surface area contributed by atoms with Gasteiger partial charge in [0, 0.05) is 11.8 Å². The first-order valence-corrected chi connectivity index (χ1v) is 4.14. The monoisotopic (exact) mass is 179 g/mol. The Morgan fingerprint density at radius 1 is 1.25 bits per heavy atom. The van der Waals surface area contributed by atoms with Crippen LogP contribution < -0.4 is 0 Å². The number of nitrogens with zero attached hydrogens (tertiary/aromatic N) is 3. The highest BCUT2D eigenvalue weighted by atomic mass is 32.1. The fraction of sp³-hybridized carbons (Fsp3) is 0.250. The lowest BCUT2D eigenvalue weighted by molar-refractivity contribution is 0.824. The predicted octanol–water partition coefficient (Wildman–Crippen LogP) is 1.63. The second kappa shape index (κ2) is 2.48. The zero-order valence-electron chi connectivity index (χ0n) is 6.94. The smallest absolute Gasteiger partial charge is 0.156 e. The third-order valence-corrected chi connectivity index (χ3v) is 1.98. The van der Waals surface area contributed by atoms with E-state index in [4.69, 9.17) is 0 Å². The molecule has 0 fully saturated rings. The van der Waals surface area contributed by atoms with Crippen molar-refractivity contribution in [3.63, 3.8) is 0 Å². The van der Waals surface area contributed by atoms with Crippen LogP contribution in [0.5, 0.6) is 0 Å². The van der Waals surface area contributed by atoms with Gasteiger partial charge in [0.15, 0.2) is 5.65 Å². The minimum Gasteiger partial charge on any atom is -0.234 e. The van der Waals surface area contributed by atoms with E-state index in [1.165, 1.54) is 0 Å². The van der Waals surface area contributed by atoms with E-state index in [1.807, 2.05) is 26.0 Å². The van der Waals surface area contributed by atoms with E-state index in [-0.39, 0.29) is 0 Å². The van der Waals surface area contributed by atoms with Crippen LogP contribution in [0.25, 0.3) is 5.65 Å². The van der Waals surface area contributed by atoms with E-state index in [1.54, 1.807) is 4.52 Å². The van der Waals surface area contributed by atoms with Crippen molar-refractivity contribution in [1.29, 1.82) is 0 Å². The van der Waals surface area contributed by atoms with Gasteiger partial charge in [-0.3, -0.25) is 0 Å². The summed E-state index contributed by atoms with van der Waals surface area (Å²) in [6.07, 6.45) is 0. The highest BCUT2D eigenvalue weighted by molar-refractivity contribution is 7.80. The van der Waals surface area contributed by atoms with Crippen molar-refractivity contribution < 1.29 is 0 Å². The van der Waals surface area contributed by atoms with E-state index >= 15 is 0 Å². The average Bonchev–Trinajstić information content (AvgIpc) is 2.29. The molecule has 0 saturated heterocycles. The predicted molar refractivity (Wildman–Crippen MR) is 49.7 cm³/mol. The quantitative estimate of drug-likeness (QED) is 0.492. The molecule has 62 valence electrons. The van der Waals surface area contributed by atoms with Gasteiger partial charge in [-0.1, -0.05) is 0 Å². The molecule has 4 heteroatoms. The maximum absolute atomic E-state index is 4.31. The van der Waals surface area contributed by atoms with Crippen LogP contribution in [0.15, 0.2) is 17.2 Å². The molecule has 0 aliphatic rings. The molecule has 3 nitrogen and oxygen atoms in total. The molecule has 2 rings (SSSR count). The summed E-state index contributed by atoms with van der Waals surface area (Å²) in [5.41, 5.74) is 2.79. The van der Waals surface area contributed by atoms with Crippen LogP contribution in [0.3, 0.4) is 0 Å². The summed E-state index contributed by atoms with van der Waals surface area (Å²) in [6, 6.07) is 3.83. The Bertz CT molecular complexity index is 433. The first kappa shape index (κ1) is 7.61. The minimum absolute atomic E-state index is 0.825. The maximum Gasteiger partial charge on any atom is 0.156 e. The molecule has 0 saturated carbocycles. The first-order valence-electron chi connectivity index (χ1n) is 3.70. The molecular weight excluding hydrogens is 170 g/mol. The summed E-state index contributed by atoms with van der Waals surface area (Å²) in [5, 5.41) is 5.06. The summed E-state index contributed by atoms with van der Waals surface area (Å²) in [6.45, 7) is 3.89. The molecule has 0 aliphatic carbocycles. The molecule has 0 aliphatic heterocycles. The normalized spacial score (nSPS) is 10.9. The molecule has 2 aromatic rings. The van der Waals surface area contributed by atoms with Gasteiger partial charge >= 0.3 is 0 Å². The summed E-state index contributed by atoms with van der Waals surface area (Å²) in [4.78, 5) is 4.31. The SMILES string of the molecule is Cc1cc(S)n2nc(C)cc2n1. The van der Waals surface area contributed by atoms with E-state index in [0.29, 0.717) is 0 Å². The molecule has 0 spiro atoms. The van der Waals surface area contributed by atoms with Crippen molar-refractivity contribution >= 4 is 18.3 Å². The molecule has 0 bridgehead atoms. The molecule has 0 N–H and O–H groups in total. The van der Waals surface area contributed by atoms with E-state index in [9.17, 15) is 0 Å². The highest BCUT2D eigenvalue weighted by Crippen LogP contribution is 2.11. The number of aromatic nitrogens is 3. The van der Waals surface area contributed by atoms with Crippen LogP contribution >= 0.6 is 12.6 Å². The van der Waals surface area contributed by atoms with Crippen molar-refractivity contribution in [1.82, 2.24) is 14.6 Å². The van der Waals surface area contributed by atoms with Gasteiger partial charge in [0.1, 0.15) is 0 Å². The number of rotatable bonds is 0. The fourth-order valence-electron chi connectivity index (χ4n) is 1.19. The fourth-order valence-corrected chi connectivity index (χ4v) is 1.53. The number of thiol groups is 1.